The van der Waals surface area contributed by atoms with Crippen LogP contribution in [-0.2, 0) is 10.0 Å². The molecule has 0 spiro atoms. The number of aryl methyl sites for hydroxylation is 1. The summed E-state index contributed by atoms with van der Waals surface area (Å²) in [5.41, 5.74) is 2.88. The summed E-state index contributed by atoms with van der Waals surface area (Å²) in [6.45, 7) is 2.47. The Labute approximate surface area is 178 Å². The van der Waals surface area contributed by atoms with Crippen LogP contribution in [0.15, 0.2) is 58.6 Å². The first-order chi connectivity index (χ1) is 14.4. The Balaban J connectivity index is 1.50. The zero-order valence-corrected chi connectivity index (χ0v) is 18.0. The van der Waals surface area contributed by atoms with Gasteiger partial charge in [0.2, 0.25) is 10.0 Å². The number of ether oxygens (including phenoxy) is 2. The number of nitrogens with zero attached hydrogens (tertiary/aromatic N) is 3. The third-order valence-corrected chi connectivity index (χ3v) is 6.43. The van der Waals surface area contributed by atoms with Gasteiger partial charge < -0.3 is 9.47 Å². The normalized spacial score (nSPS) is 11.8. The maximum absolute atomic E-state index is 11.3. The highest BCUT2D eigenvalue weighted by Gasteiger charge is 2.13. The highest BCUT2D eigenvalue weighted by Crippen LogP contribution is 2.28. The van der Waals surface area contributed by atoms with E-state index in [0.29, 0.717) is 18.1 Å². The lowest BCUT2D eigenvalue weighted by Crippen LogP contribution is -2.11. The van der Waals surface area contributed by atoms with Gasteiger partial charge in [-0.25, -0.2) is 13.6 Å². The van der Waals surface area contributed by atoms with Gasteiger partial charge >= 0.3 is 0 Å². The van der Waals surface area contributed by atoms with Crippen molar-refractivity contribution >= 4 is 38.3 Å². The van der Waals surface area contributed by atoms with E-state index in [1.54, 1.807) is 19.2 Å². The van der Waals surface area contributed by atoms with Crippen LogP contribution in [-0.4, -0.2) is 42.5 Å². The van der Waals surface area contributed by atoms with E-state index in [0.717, 1.165) is 33.0 Å². The van der Waals surface area contributed by atoms with Crippen LogP contribution in [0.4, 0.5) is 0 Å². The van der Waals surface area contributed by atoms with E-state index >= 15 is 0 Å². The van der Waals surface area contributed by atoms with Gasteiger partial charge in [-0.2, -0.15) is 0 Å². The third-order valence-electron chi connectivity index (χ3n) is 4.61. The molecule has 0 unspecified atom stereocenters. The molecule has 2 aromatic carbocycles. The van der Waals surface area contributed by atoms with Crippen LogP contribution in [0.3, 0.4) is 0 Å². The molecule has 0 fully saturated rings. The highest BCUT2D eigenvalue weighted by molar-refractivity contribution is 7.99. The number of sulfonamides is 1. The molecular weight excluding hydrogens is 424 g/mol. The molecule has 0 amide bonds. The Kier molecular flexibility index (Phi) is 5.54. The van der Waals surface area contributed by atoms with Crippen LogP contribution in [0.5, 0.6) is 11.5 Å². The fraction of sp³-hybridized carbons (Fsp3) is 0.200. The lowest BCUT2D eigenvalue weighted by atomic mass is 10.1. The molecule has 0 aliphatic heterocycles. The van der Waals surface area contributed by atoms with Crippen molar-refractivity contribution in [2.24, 2.45) is 5.14 Å². The molecule has 2 heterocycles. The molecule has 4 aromatic rings. The molecule has 0 radical (unpaired) electrons. The summed E-state index contributed by atoms with van der Waals surface area (Å²) in [4.78, 5) is 0.0526. The first-order valence-electron chi connectivity index (χ1n) is 9.08. The Morgan fingerprint density at radius 1 is 1.07 bits per heavy atom. The van der Waals surface area contributed by atoms with Crippen molar-refractivity contribution < 1.29 is 17.9 Å². The van der Waals surface area contributed by atoms with E-state index in [1.807, 2.05) is 35.6 Å². The molecular formula is C20H20N4O4S2. The van der Waals surface area contributed by atoms with Gasteiger partial charge in [-0.1, -0.05) is 11.8 Å². The number of nitrogens with two attached hydrogens (primary N) is 1. The standard InChI is InChI=1S/C20H20N4O4S2/c1-13-11-19-22-23-20(24(19)18-12-15(27-2)5-8-17(13)18)29-10-9-28-14-3-6-16(7-4-14)30(21,25)26/h3-8,11-12H,9-10H2,1-2H3,(H2,21,25,26). The molecule has 2 N–H and O–H groups in total. The number of methoxy groups -OCH3 is 1. The maximum atomic E-state index is 11.3. The molecule has 156 valence electrons. The van der Waals surface area contributed by atoms with E-state index in [2.05, 4.69) is 10.2 Å². The maximum Gasteiger partial charge on any atom is 0.238 e. The number of hydrogen-bond donors (Lipinski definition) is 1. The molecule has 2 aromatic heterocycles. The zero-order valence-electron chi connectivity index (χ0n) is 16.4. The summed E-state index contributed by atoms with van der Waals surface area (Å²) in [6.07, 6.45) is 0. The summed E-state index contributed by atoms with van der Waals surface area (Å²) in [5, 5.41) is 15.6. The van der Waals surface area contributed by atoms with Crippen molar-refractivity contribution in [2.45, 2.75) is 17.0 Å². The second-order valence-electron chi connectivity index (χ2n) is 6.60. The van der Waals surface area contributed by atoms with Crippen LogP contribution in [0.1, 0.15) is 5.56 Å². The number of thioether (sulfide) groups is 1. The Hall–Kier alpha value is -2.82. The van der Waals surface area contributed by atoms with Crippen molar-refractivity contribution in [3.05, 3.63) is 54.1 Å². The predicted molar refractivity (Wildman–Crippen MR) is 116 cm³/mol. The Bertz CT molecular complexity index is 1320. The smallest absolute Gasteiger partial charge is 0.238 e. The van der Waals surface area contributed by atoms with Crippen LogP contribution in [0, 0.1) is 6.92 Å². The quantitative estimate of drug-likeness (QED) is 0.345. The van der Waals surface area contributed by atoms with Gasteiger partial charge in [-0.3, -0.25) is 4.40 Å². The monoisotopic (exact) mass is 444 g/mol. The molecule has 30 heavy (non-hydrogen) atoms. The number of primary sulfonamides is 1. The summed E-state index contributed by atoms with van der Waals surface area (Å²) >= 11 is 1.53. The predicted octanol–water partition coefficient (Wildman–Crippen LogP) is 3.02. The topological polar surface area (TPSA) is 109 Å². The van der Waals surface area contributed by atoms with Crippen molar-refractivity contribution in [2.75, 3.05) is 19.5 Å². The summed E-state index contributed by atoms with van der Waals surface area (Å²) in [7, 11) is -2.07. The summed E-state index contributed by atoms with van der Waals surface area (Å²) < 4.78 is 35.7. The first kappa shape index (κ1) is 20.5. The SMILES string of the molecule is COc1ccc2c(C)cc3nnc(SCCOc4ccc(S(N)(=O)=O)cc4)n3c2c1. The molecule has 0 aliphatic carbocycles. The van der Waals surface area contributed by atoms with Crippen LogP contribution >= 0.6 is 11.8 Å². The minimum atomic E-state index is -3.71. The van der Waals surface area contributed by atoms with Gasteiger partial charge in [0.1, 0.15) is 11.5 Å². The number of benzene rings is 2. The van der Waals surface area contributed by atoms with Gasteiger partial charge in [0.05, 0.1) is 24.1 Å². The number of fused-ring (bicyclic) bond motifs is 3. The number of pyridine rings is 1. The largest absolute Gasteiger partial charge is 0.497 e. The Morgan fingerprint density at radius 2 is 1.80 bits per heavy atom. The molecule has 0 bridgehead atoms. The van der Waals surface area contributed by atoms with E-state index in [-0.39, 0.29) is 4.90 Å². The van der Waals surface area contributed by atoms with E-state index < -0.39 is 10.0 Å². The highest BCUT2D eigenvalue weighted by atomic mass is 32.2. The molecule has 8 nitrogen and oxygen atoms in total. The molecule has 0 saturated heterocycles. The third kappa shape index (κ3) is 4.07. The van der Waals surface area contributed by atoms with E-state index in [4.69, 9.17) is 14.6 Å². The van der Waals surface area contributed by atoms with Crippen LogP contribution in [0.25, 0.3) is 16.6 Å². The van der Waals surface area contributed by atoms with Crippen molar-refractivity contribution in [3.8, 4) is 11.5 Å². The van der Waals surface area contributed by atoms with Crippen molar-refractivity contribution in [1.82, 2.24) is 14.6 Å². The average Bonchev–Trinajstić information content (AvgIpc) is 3.13. The number of aromatic nitrogens is 3. The number of rotatable bonds is 7. The van der Waals surface area contributed by atoms with Gasteiger partial charge in [0.25, 0.3) is 0 Å². The molecule has 10 heteroatoms. The first-order valence-corrected chi connectivity index (χ1v) is 11.6. The molecule has 0 aliphatic rings. The second-order valence-corrected chi connectivity index (χ2v) is 9.22. The lowest BCUT2D eigenvalue weighted by molar-refractivity contribution is 0.343. The molecule has 0 atom stereocenters. The summed E-state index contributed by atoms with van der Waals surface area (Å²) in [5.74, 6) is 1.97. The molecule has 0 saturated carbocycles. The van der Waals surface area contributed by atoms with Crippen LogP contribution in [0.2, 0.25) is 0 Å². The fourth-order valence-electron chi connectivity index (χ4n) is 3.14. The van der Waals surface area contributed by atoms with Crippen LogP contribution < -0.4 is 14.6 Å². The Morgan fingerprint density at radius 3 is 2.50 bits per heavy atom. The molecule has 4 rings (SSSR count). The second kappa shape index (κ2) is 8.13. The van der Waals surface area contributed by atoms with Gasteiger partial charge in [0, 0.05) is 17.2 Å². The summed E-state index contributed by atoms with van der Waals surface area (Å²) in [6, 6.07) is 14.0. The van der Waals surface area contributed by atoms with Gasteiger partial charge in [0.15, 0.2) is 10.8 Å². The average molecular weight is 445 g/mol. The fourth-order valence-corrected chi connectivity index (χ4v) is 4.43. The lowest BCUT2D eigenvalue weighted by Gasteiger charge is -2.10. The van der Waals surface area contributed by atoms with E-state index in [1.165, 1.54) is 23.9 Å². The zero-order chi connectivity index (χ0) is 21.3. The van der Waals surface area contributed by atoms with Crippen molar-refractivity contribution in [1.29, 1.82) is 0 Å². The minimum Gasteiger partial charge on any atom is -0.497 e. The van der Waals surface area contributed by atoms with E-state index in [9.17, 15) is 8.42 Å². The van der Waals surface area contributed by atoms with Crippen molar-refractivity contribution in [3.63, 3.8) is 0 Å². The minimum absolute atomic E-state index is 0.0526. The number of hydrogen-bond acceptors (Lipinski definition) is 7. The van der Waals surface area contributed by atoms with Gasteiger partial charge in [-0.15, -0.1) is 10.2 Å². The van der Waals surface area contributed by atoms with Gasteiger partial charge in [-0.05, 0) is 55.0 Å².